The lowest BCUT2D eigenvalue weighted by molar-refractivity contribution is -0.217. The molecule has 2 aliphatic heterocycles. The van der Waals surface area contributed by atoms with Crippen molar-refractivity contribution in [1.29, 1.82) is 0 Å². The molecule has 0 bridgehead atoms. The largest absolute Gasteiger partial charge is 0.402 e. The first-order valence-corrected chi connectivity index (χ1v) is 8.53. The Morgan fingerprint density at radius 2 is 1.35 bits per heavy atom. The summed E-state index contributed by atoms with van der Waals surface area (Å²) < 4.78 is 9.78. The minimum atomic E-state index is -1.23. The molecule has 1 fully saturated rings. The summed E-state index contributed by atoms with van der Waals surface area (Å²) in [6.45, 7) is 7.97. The zero-order chi connectivity index (χ0) is 15.0. The molecule has 0 atom stereocenters. The van der Waals surface area contributed by atoms with E-state index in [1.165, 1.54) is 23.5 Å². The van der Waals surface area contributed by atoms with Crippen molar-refractivity contribution in [3.8, 4) is 0 Å². The number of thioether (sulfide) groups is 2. The number of hydrogen-bond donors (Lipinski definition) is 0. The van der Waals surface area contributed by atoms with Crippen LogP contribution in [0.15, 0.2) is 10.8 Å². The molecule has 2 rings (SSSR count). The lowest BCUT2D eigenvalue weighted by Gasteiger charge is -2.41. The lowest BCUT2D eigenvalue weighted by atomic mass is 9.74. The molecule has 0 aromatic carbocycles. The third-order valence-electron chi connectivity index (χ3n) is 3.21. The standard InChI is InChI=1S/C14H20O4S2/c1-9(2)7-13(8-10(3)4)11(15)17-14(18-12(13)16)19-5-6-20-14/h5-6,9-10H,7-8H2,1-4H3. The minimum absolute atomic E-state index is 0.213. The summed E-state index contributed by atoms with van der Waals surface area (Å²) in [6, 6.07) is 0. The Morgan fingerprint density at radius 3 is 1.70 bits per heavy atom. The van der Waals surface area contributed by atoms with Gasteiger partial charge in [0.15, 0.2) is 5.41 Å². The van der Waals surface area contributed by atoms with Gasteiger partial charge in [0.1, 0.15) is 0 Å². The van der Waals surface area contributed by atoms with Crippen molar-refractivity contribution in [2.75, 3.05) is 0 Å². The Bertz CT molecular complexity index is 402. The lowest BCUT2D eigenvalue weighted by Crippen LogP contribution is -2.54. The average Bonchev–Trinajstić information content (AvgIpc) is 2.73. The van der Waals surface area contributed by atoms with Crippen LogP contribution in [0.3, 0.4) is 0 Å². The summed E-state index contributed by atoms with van der Waals surface area (Å²) in [5, 5.41) is 3.53. The third-order valence-corrected chi connectivity index (χ3v) is 5.42. The molecule has 1 saturated heterocycles. The van der Waals surface area contributed by atoms with Crippen molar-refractivity contribution in [2.45, 2.75) is 45.0 Å². The van der Waals surface area contributed by atoms with Crippen molar-refractivity contribution in [2.24, 2.45) is 17.3 Å². The number of carbonyl (C=O) groups excluding carboxylic acids is 2. The number of hydrogen-bond acceptors (Lipinski definition) is 6. The third kappa shape index (κ3) is 2.86. The Labute approximate surface area is 128 Å². The predicted molar refractivity (Wildman–Crippen MR) is 80.6 cm³/mol. The fourth-order valence-electron chi connectivity index (χ4n) is 2.68. The molecule has 0 aromatic heterocycles. The SMILES string of the molecule is CC(C)CC1(CC(C)C)C(=O)OC2(OC1=O)SC=CS2. The van der Waals surface area contributed by atoms with Gasteiger partial charge in [-0.3, -0.25) is 9.59 Å². The highest BCUT2D eigenvalue weighted by molar-refractivity contribution is 8.23. The average molecular weight is 316 g/mol. The van der Waals surface area contributed by atoms with Crippen LogP contribution in [0.2, 0.25) is 0 Å². The summed E-state index contributed by atoms with van der Waals surface area (Å²) in [6.07, 6.45) is 0.920. The molecular weight excluding hydrogens is 296 g/mol. The normalized spacial score (nSPS) is 23.5. The van der Waals surface area contributed by atoms with E-state index in [4.69, 9.17) is 9.47 Å². The Morgan fingerprint density at radius 1 is 0.950 bits per heavy atom. The molecule has 0 unspecified atom stereocenters. The van der Waals surface area contributed by atoms with Crippen molar-refractivity contribution >= 4 is 35.5 Å². The second-order valence-corrected chi connectivity index (χ2v) is 8.41. The number of rotatable bonds is 4. The zero-order valence-electron chi connectivity index (χ0n) is 12.2. The first-order valence-electron chi connectivity index (χ1n) is 6.77. The molecule has 0 radical (unpaired) electrons. The summed E-state index contributed by atoms with van der Waals surface area (Å²) in [5.74, 6) is -0.463. The molecule has 0 aliphatic carbocycles. The fraction of sp³-hybridized carbons (Fsp3) is 0.714. The zero-order valence-corrected chi connectivity index (χ0v) is 13.8. The number of ether oxygens (including phenoxy) is 2. The second-order valence-electron chi connectivity index (χ2n) is 6.06. The maximum Gasteiger partial charge on any atom is 0.366 e. The van der Waals surface area contributed by atoms with Gasteiger partial charge >= 0.3 is 16.4 Å². The molecule has 0 N–H and O–H groups in total. The Hall–Kier alpha value is -0.620. The van der Waals surface area contributed by atoms with Crippen molar-refractivity contribution in [1.82, 2.24) is 0 Å². The maximum atomic E-state index is 12.6. The van der Waals surface area contributed by atoms with Gasteiger partial charge in [0, 0.05) is 0 Å². The van der Waals surface area contributed by atoms with E-state index in [0.717, 1.165) is 0 Å². The van der Waals surface area contributed by atoms with E-state index in [9.17, 15) is 9.59 Å². The molecule has 1 spiro atoms. The number of esters is 2. The van der Waals surface area contributed by atoms with Gasteiger partial charge < -0.3 is 9.47 Å². The first kappa shape index (κ1) is 15.8. The Kier molecular flexibility index (Phi) is 4.44. The summed E-state index contributed by atoms with van der Waals surface area (Å²) in [7, 11) is 0. The van der Waals surface area contributed by atoms with Crippen LogP contribution in [0.25, 0.3) is 0 Å². The molecule has 4 nitrogen and oxygen atoms in total. The van der Waals surface area contributed by atoms with Crippen LogP contribution >= 0.6 is 23.5 Å². The highest BCUT2D eigenvalue weighted by Crippen LogP contribution is 2.53. The number of carbonyl (C=O) groups is 2. The van der Waals surface area contributed by atoms with Crippen molar-refractivity contribution in [3.05, 3.63) is 10.8 Å². The van der Waals surface area contributed by atoms with Crippen molar-refractivity contribution in [3.63, 3.8) is 0 Å². The van der Waals surface area contributed by atoms with Crippen LogP contribution in [-0.4, -0.2) is 16.4 Å². The highest BCUT2D eigenvalue weighted by atomic mass is 32.2. The van der Waals surface area contributed by atoms with Crippen LogP contribution in [0, 0.1) is 17.3 Å². The smallest absolute Gasteiger partial charge is 0.366 e. The maximum absolute atomic E-state index is 12.6. The van der Waals surface area contributed by atoms with Gasteiger partial charge in [-0.15, -0.1) is 0 Å². The fourth-order valence-corrected chi connectivity index (χ4v) is 4.51. The molecule has 2 aliphatic rings. The van der Waals surface area contributed by atoms with E-state index in [1.807, 2.05) is 27.7 Å². The van der Waals surface area contributed by atoms with E-state index < -0.39 is 21.8 Å². The molecule has 20 heavy (non-hydrogen) atoms. The molecule has 0 amide bonds. The van der Waals surface area contributed by atoms with Gasteiger partial charge in [0.2, 0.25) is 0 Å². The quantitative estimate of drug-likeness (QED) is 0.582. The second kappa shape index (κ2) is 5.64. The van der Waals surface area contributed by atoms with Gasteiger partial charge in [-0.1, -0.05) is 27.7 Å². The van der Waals surface area contributed by atoms with Crippen LogP contribution in [-0.2, 0) is 19.1 Å². The van der Waals surface area contributed by atoms with Gasteiger partial charge in [-0.2, -0.15) is 0 Å². The van der Waals surface area contributed by atoms with E-state index in [0.29, 0.717) is 12.8 Å². The molecule has 6 heteroatoms. The first-order chi connectivity index (χ1) is 9.30. The van der Waals surface area contributed by atoms with Crippen molar-refractivity contribution < 1.29 is 19.1 Å². The highest BCUT2D eigenvalue weighted by Gasteiger charge is 2.60. The summed E-state index contributed by atoms with van der Waals surface area (Å²) in [4.78, 5) is 25.2. The summed E-state index contributed by atoms with van der Waals surface area (Å²) in [5.41, 5.74) is -1.16. The molecule has 2 heterocycles. The van der Waals surface area contributed by atoms with Gasteiger partial charge in [-0.25, -0.2) is 0 Å². The Balaban J connectivity index is 2.28. The summed E-state index contributed by atoms with van der Waals surface area (Å²) >= 11 is 2.42. The molecule has 0 saturated carbocycles. The van der Waals surface area contributed by atoms with E-state index in [-0.39, 0.29) is 11.8 Å². The van der Waals surface area contributed by atoms with E-state index >= 15 is 0 Å². The molecule has 0 aromatic rings. The van der Waals surface area contributed by atoms with Crippen LogP contribution < -0.4 is 0 Å². The minimum Gasteiger partial charge on any atom is -0.402 e. The van der Waals surface area contributed by atoms with Crippen LogP contribution in [0.5, 0.6) is 0 Å². The molecular formula is C14H20O4S2. The van der Waals surface area contributed by atoms with Gasteiger partial charge in [0.05, 0.1) is 0 Å². The van der Waals surface area contributed by atoms with Crippen LogP contribution in [0.4, 0.5) is 0 Å². The molecule has 112 valence electrons. The van der Waals surface area contributed by atoms with Crippen LogP contribution in [0.1, 0.15) is 40.5 Å². The van der Waals surface area contributed by atoms with E-state index in [1.54, 1.807) is 10.8 Å². The van der Waals surface area contributed by atoms with Gasteiger partial charge in [-0.05, 0) is 59.0 Å². The van der Waals surface area contributed by atoms with Gasteiger partial charge in [0.25, 0.3) is 0 Å². The predicted octanol–water partition coefficient (Wildman–Crippen LogP) is 3.73. The topological polar surface area (TPSA) is 52.6 Å². The monoisotopic (exact) mass is 316 g/mol. The van der Waals surface area contributed by atoms with E-state index in [2.05, 4.69) is 0 Å².